The van der Waals surface area contributed by atoms with Crippen LogP contribution >= 0.6 is 0 Å². The molecule has 1 aromatic rings. The molecule has 2 N–H and O–H groups in total. The maximum absolute atomic E-state index is 12.0. The molecule has 0 spiro atoms. The van der Waals surface area contributed by atoms with Crippen molar-refractivity contribution in [1.29, 1.82) is 0 Å². The molecule has 0 saturated heterocycles. The summed E-state index contributed by atoms with van der Waals surface area (Å²) >= 11 is 0. The van der Waals surface area contributed by atoms with E-state index in [2.05, 4.69) is 5.32 Å². The molecule has 0 bridgehead atoms. The van der Waals surface area contributed by atoms with Gasteiger partial charge in [-0.15, -0.1) is 0 Å². The fourth-order valence-electron chi connectivity index (χ4n) is 1.79. The van der Waals surface area contributed by atoms with Crippen molar-refractivity contribution in [3.05, 3.63) is 30.3 Å². The van der Waals surface area contributed by atoms with Crippen LogP contribution in [-0.4, -0.2) is 37.2 Å². The fourth-order valence-corrected chi connectivity index (χ4v) is 3.05. The first-order valence-corrected chi connectivity index (χ1v) is 8.32. The Morgan fingerprint density at radius 1 is 1.24 bits per heavy atom. The van der Waals surface area contributed by atoms with Gasteiger partial charge in [0.05, 0.1) is 10.6 Å². The molecule has 1 aromatic carbocycles. The van der Waals surface area contributed by atoms with Crippen LogP contribution in [0.15, 0.2) is 35.2 Å². The van der Waals surface area contributed by atoms with Crippen molar-refractivity contribution in [2.75, 3.05) is 5.75 Å². The van der Waals surface area contributed by atoms with E-state index in [4.69, 9.17) is 5.11 Å². The zero-order chi connectivity index (χ0) is 15.9. The number of sulfone groups is 1. The number of rotatable bonds is 8. The lowest BCUT2D eigenvalue weighted by Gasteiger charge is -2.13. The van der Waals surface area contributed by atoms with Crippen LogP contribution in [0.2, 0.25) is 0 Å². The molecule has 0 aliphatic heterocycles. The van der Waals surface area contributed by atoms with Crippen molar-refractivity contribution in [2.45, 2.75) is 37.1 Å². The Morgan fingerprint density at radius 3 is 2.38 bits per heavy atom. The molecular weight excluding hydrogens is 294 g/mol. The lowest BCUT2D eigenvalue weighted by Crippen LogP contribution is -2.41. The van der Waals surface area contributed by atoms with Crippen LogP contribution in [0, 0.1) is 0 Å². The molecule has 7 heteroatoms. The molecule has 21 heavy (non-hydrogen) atoms. The number of amides is 1. The summed E-state index contributed by atoms with van der Waals surface area (Å²) in [5.41, 5.74) is 0. The van der Waals surface area contributed by atoms with Crippen LogP contribution in [0.25, 0.3) is 0 Å². The quantitative estimate of drug-likeness (QED) is 0.751. The van der Waals surface area contributed by atoms with E-state index < -0.39 is 27.8 Å². The normalized spacial score (nSPS) is 12.6. The van der Waals surface area contributed by atoms with Gasteiger partial charge < -0.3 is 10.4 Å². The first-order chi connectivity index (χ1) is 9.86. The van der Waals surface area contributed by atoms with Crippen molar-refractivity contribution in [2.24, 2.45) is 0 Å². The highest BCUT2D eigenvalue weighted by Gasteiger charge is 2.21. The lowest BCUT2D eigenvalue weighted by atomic mass is 10.1. The van der Waals surface area contributed by atoms with Crippen LogP contribution in [0.3, 0.4) is 0 Å². The third-order valence-corrected chi connectivity index (χ3v) is 4.64. The Kier molecular flexibility index (Phi) is 6.36. The number of benzene rings is 1. The summed E-state index contributed by atoms with van der Waals surface area (Å²) in [6, 6.07) is 6.87. The molecule has 116 valence electrons. The number of hydrogen-bond donors (Lipinski definition) is 2. The average molecular weight is 313 g/mol. The van der Waals surface area contributed by atoms with Crippen molar-refractivity contribution < 1.29 is 23.1 Å². The molecule has 6 nitrogen and oxygen atoms in total. The van der Waals surface area contributed by atoms with Crippen LogP contribution in [-0.2, 0) is 19.4 Å². The van der Waals surface area contributed by atoms with Crippen molar-refractivity contribution in [1.82, 2.24) is 5.32 Å². The van der Waals surface area contributed by atoms with Crippen LogP contribution in [0.5, 0.6) is 0 Å². The molecule has 0 aliphatic carbocycles. The van der Waals surface area contributed by atoms with E-state index in [0.717, 1.165) is 0 Å². The van der Waals surface area contributed by atoms with Crippen LogP contribution < -0.4 is 5.32 Å². The van der Waals surface area contributed by atoms with Gasteiger partial charge >= 0.3 is 5.97 Å². The van der Waals surface area contributed by atoms with Crippen molar-refractivity contribution in [3.63, 3.8) is 0 Å². The number of nitrogens with one attached hydrogen (secondary N) is 1. The molecule has 0 aromatic heterocycles. The Hall–Kier alpha value is -1.89. The van der Waals surface area contributed by atoms with Gasteiger partial charge in [-0.3, -0.25) is 4.79 Å². The summed E-state index contributed by atoms with van der Waals surface area (Å²) in [6.07, 6.45) is 0.663. The van der Waals surface area contributed by atoms with Gasteiger partial charge in [0.15, 0.2) is 9.84 Å². The van der Waals surface area contributed by atoms with Gasteiger partial charge in [-0.2, -0.15) is 0 Å². The summed E-state index contributed by atoms with van der Waals surface area (Å²) < 4.78 is 24.0. The Balaban J connectivity index is 2.58. The minimum atomic E-state index is -3.53. The van der Waals surface area contributed by atoms with Crippen molar-refractivity contribution >= 4 is 21.7 Å². The Morgan fingerprint density at radius 2 is 1.86 bits per heavy atom. The minimum absolute atomic E-state index is 0.154. The maximum Gasteiger partial charge on any atom is 0.326 e. The average Bonchev–Trinajstić information content (AvgIpc) is 2.45. The molecule has 0 fully saturated rings. The van der Waals surface area contributed by atoms with Gasteiger partial charge in [0.1, 0.15) is 6.04 Å². The Bertz CT molecular complexity index is 583. The smallest absolute Gasteiger partial charge is 0.326 e. The number of aliphatic carboxylic acids is 1. The van der Waals surface area contributed by atoms with Gasteiger partial charge in [0.25, 0.3) is 0 Å². The Labute approximate surface area is 124 Å². The number of carboxylic acids is 1. The van der Waals surface area contributed by atoms with Gasteiger partial charge in [-0.05, 0) is 18.6 Å². The molecule has 0 saturated carbocycles. The van der Waals surface area contributed by atoms with Crippen molar-refractivity contribution in [3.8, 4) is 0 Å². The predicted octanol–water partition coefficient (Wildman–Crippen LogP) is 1.22. The molecule has 0 aliphatic rings. The number of carbonyl (C=O) groups is 2. The summed E-state index contributed by atoms with van der Waals surface area (Å²) in [5.74, 6) is -2.03. The zero-order valence-electron chi connectivity index (χ0n) is 11.8. The number of hydrogen-bond acceptors (Lipinski definition) is 4. The zero-order valence-corrected chi connectivity index (χ0v) is 12.6. The first kappa shape index (κ1) is 17.2. The van der Waals surface area contributed by atoms with Gasteiger partial charge in [-0.1, -0.05) is 31.5 Å². The second-order valence-corrected chi connectivity index (χ2v) is 6.74. The van der Waals surface area contributed by atoms with E-state index >= 15 is 0 Å². The summed E-state index contributed by atoms with van der Waals surface area (Å²) in [4.78, 5) is 22.7. The third kappa shape index (κ3) is 5.55. The highest BCUT2D eigenvalue weighted by molar-refractivity contribution is 7.91. The molecule has 1 atom stereocenters. The third-order valence-electron chi connectivity index (χ3n) is 2.91. The molecule has 1 rings (SSSR count). The molecule has 1 amide bonds. The molecule has 1 unspecified atom stereocenters. The highest BCUT2D eigenvalue weighted by atomic mass is 32.2. The summed E-state index contributed by atoms with van der Waals surface area (Å²) in [7, 11) is -3.53. The highest BCUT2D eigenvalue weighted by Crippen LogP contribution is 2.11. The molecule has 0 heterocycles. The van der Waals surface area contributed by atoms with Crippen LogP contribution in [0.1, 0.15) is 26.2 Å². The second-order valence-electron chi connectivity index (χ2n) is 4.63. The molecular formula is C14H19NO5S. The number of carbonyl (C=O) groups excluding carboxylic acids is 1. The second kappa shape index (κ2) is 7.78. The fraction of sp³-hybridized carbons (Fsp3) is 0.429. The van der Waals surface area contributed by atoms with E-state index in [0.29, 0.717) is 12.8 Å². The standard InChI is InChI=1S/C14H19NO5S/c1-2-6-12(14(17)18)15-13(16)9-10-21(19,20)11-7-4-3-5-8-11/h3-5,7-8,12H,2,6,9-10H2,1H3,(H,15,16)(H,17,18). The SMILES string of the molecule is CCCC(NC(=O)CCS(=O)(=O)c1ccccc1)C(=O)O. The summed E-state index contributed by atoms with van der Waals surface area (Å²) in [6.45, 7) is 1.81. The van der Waals surface area contributed by atoms with Crippen LogP contribution in [0.4, 0.5) is 0 Å². The topological polar surface area (TPSA) is 101 Å². The largest absolute Gasteiger partial charge is 0.480 e. The van der Waals surface area contributed by atoms with E-state index in [-0.39, 0.29) is 17.1 Å². The monoisotopic (exact) mass is 313 g/mol. The predicted molar refractivity (Wildman–Crippen MR) is 77.6 cm³/mol. The van der Waals surface area contributed by atoms with Gasteiger partial charge in [0.2, 0.25) is 5.91 Å². The van der Waals surface area contributed by atoms with E-state index in [1.54, 1.807) is 18.2 Å². The number of carboxylic acid groups (broad SMARTS) is 1. The maximum atomic E-state index is 12.0. The van der Waals surface area contributed by atoms with E-state index in [1.807, 2.05) is 6.92 Å². The minimum Gasteiger partial charge on any atom is -0.480 e. The van der Waals surface area contributed by atoms with E-state index in [1.165, 1.54) is 12.1 Å². The molecule has 0 radical (unpaired) electrons. The van der Waals surface area contributed by atoms with Gasteiger partial charge in [0, 0.05) is 6.42 Å². The first-order valence-electron chi connectivity index (χ1n) is 6.66. The van der Waals surface area contributed by atoms with E-state index in [9.17, 15) is 18.0 Å². The summed E-state index contributed by atoms with van der Waals surface area (Å²) in [5, 5.41) is 11.3. The van der Waals surface area contributed by atoms with Gasteiger partial charge in [-0.25, -0.2) is 13.2 Å². The lowest BCUT2D eigenvalue weighted by molar-refractivity contribution is -0.142.